The fourth-order valence-electron chi connectivity index (χ4n) is 2.08. The second-order valence-corrected chi connectivity index (χ2v) is 7.01. The molecule has 108 valence electrons. The van der Waals surface area contributed by atoms with Gasteiger partial charge in [-0.3, -0.25) is 9.20 Å². The van der Waals surface area contributed by atoms with Gasteiger partial charge in [0.1, 0.15) is 0 Å². The van der Waals surface area contributed by atoms with Crippen LogP contribution in [0.1, 0.15) is 25.9 Å². The molecule has 0 N–H and O–H groups in total. The minimum atomic E-state index is 0.118. The molecule has 0 aliphatic rings. The van der Waals surface area contributed by atoms with Crippen LogP contribution in [0.5, 0.6) is 0 Å². The number of hydrogen-bond acceptors (Lipinski definition) is 6. The van der Waals surface area contributed by atoms with Crippen molar-refractivity contribution < 1.29 is 4.79 Å². The Morgan fingerprint density at radius 1 is 1.29 bits per heavy atom. The molecule has 3 heterocycles. The summed E-state index contributed by atoms with van der Waals surface area (Å²) >= 11 is 2.92. The van der Waals surface area contributed by atoms with Gasteiger partial charge in [-0.2, -0.15) is 0 Å². The Labute approximate surface area is 130 Å². The Hall–Kier alpha value is -1.73. The number of fused-ring (bicyclic) bond motifs is 1. The predicted octanol–water partition coefficient (Wildman–Crippen LogP) is 3.09. The Morgan fingerprint density at radius 2 is 2.10 bits per heavy atom. The summed E-state index contributed by atoms with van der Waals surface area (Å²) in [6.45, 7) is 5.91. The van der Waals surface area contributed by atoms with Gasteiger partial charge >= 0.3 is 0 Å². The van der Waals surface area contributed by atoms with Crippen LogP contribution in [0.25, 0.3) is 5.78 Å². The standard InChI is InChI=1S/C14H14N4OS2/c1-8-6-9(2)18-13(15-8)16-17-14(18)20-7-11(19)12-5-4-10(3)21-12/h4-6H,7H2,1-3H3. The van der Waals surface area contributed by atoms with E-state index in [0.29, 0.717) is 16.7 Å². The van der Waals surface area contributed by atoms with Gasteiger partial charge in [0.2, 0.25) is 0 Å². The van der Waals surface area contributed by atoms with Crippen molar-refractivity contribution in [3.05, 3.63) is 39.3 Å². The second kappa shape index (κ2) is 5.57. The summed E-state index contributed by atoms with van der Waals surface area (Å²) in [6.07, 6.45) is 0. The van der Waals surface area contributed by atoms with E-state index in [2.05, 4.69) is 15.2 Å². The van der Waals surface area contributed by atoms with Crippen molar-refractivity contribution in [1.82, 2.24) is 19.6 Å². The van der Waals surface area contributed by atoms with E-state index in [1.54, 1.807) is 0 Å². The third-order valence-electron chi connectivity index (χ3n) is 3.01. The average molecular weight is 318 g/mol. The van der Waals surface area contributed by atoms with Gasteiger partial charge in [0.05, 0.1) is 10.6 Å². The van der Waals surface area contributed by atoms with Gasteiger partial charge in [-0.1, -0.05) is 11.8 Å². The average Bonchev–Trinajstić information content (AvgIpc) is 3.02. The van der Waals surface area contributed by atoms with Gasteiger partial charge < -0.3 is 0 Å². The highest BCUT2D eigenvalue weighted by molar-refractivity contribution is 7.99. The molecule has 5 nitrogen and oxygen atoms in total. The minimum Gasteiger partial charge on any atom is -0.292 e. The van der Waals surface area contributed by atoms with Gasteiger partial charge in [-0.15, -0.1) is 21.5 Å². The van der Waals surface area contributed by atoms with Crippen LogP contribution in [-0.4, -0.2) is 31.1 Å². The molecule has 0 aromatic carbocycles. The lowest BCUT2D eigenvalue weighted by Gasteiger charge is -2.03. The third-order valence-corrected chi connectivity index (χ3v) is 4.98. The molecule has 3 rings (SSSR count). The molecule has 7 heteroatoms. The number of ketones is 1. The van der Waals surface area contributed by atoms with E-state index in [0.717, 1.165) is 21.1 Å². The number of hydrogen-bond donors (Lipinski definition) is 0. The summed E-state index contributed by atoms with van der Waals surface area (Å²) in [5, 5.41) is 8.91. The Balaban J connectivity index is 1.81. The minimum absolute atomic E-state index is 0.118. The van der Waals surface area contributed by atoms with Gasteiger partial charge in [0.15, 0.2) is 10.9 Å². The molecule has 3 aromatic heterocycles. The van der Waals surface area contributed by atoms with Gasteiger partial charge in [-0.05, 0) is 39.0 Å². The molecular formula is C14H14N4OS2. The molecule has 0 fully saturated rings. The highest BCUT2D eigenvalue weighted by Gasteiger charge is 2.14. The van der Waals surface area contributed by atoms with E-state index < -0.39 is 0 Å². The maximum Gasteiger partial charge on any atom is 0.256 e. The summed E-state index contributed by atoms with van der Waals surface area (Å²) in [7, 11) is 0. The summed E-state index contributed by atoms with van der Waals surface area (Å²) in [4.78, 5) is 18.4. The molecule has 3 aromatic rings. The lowest BCUT2D eigenvalue weighted by Crippen LogP contribution is -2.02. The normalized spacial score (nSPS) is 11.2. The molecule has 21 heavy (non-hydrogen) atoms. The number of Topliss-reactive ketones (excluding diaryl/α,β-unsaturated/α-hetero) is 1. The molecule has 0 amide bonds. The van der Waals surface area contributed by atoms with Crippen molar-refractivity contribution in [2.45, 2.75) is 25.9 Å². The predicted molar refractivity (Wildman–Crippen MR) is 84.4 cm³/mol. The van der Waals surface area contributed by atoms with Crippen LogP contribution in [0, 0.1) is 20.8 Å². The first-order valence-corrected chi connectivity index (χ1v) is 8.26. The lowest BCUT2D eigenvalue weighted by molar-refractivity contribution is 0.102. The SMILES string of the molecule is Cc1cc(C)n2c(SCC(=O)c3ccc(C)s3)nnc2n1. The molecule has 0 aliphatic heterocycles. The Kier molecular flexibility index (Phi) is 3.77. The zero-order valence-electron chi connectivity index (χ0n) is 12.0. The highest BCUT2D eigenvalue weighted by atomic mass is 32.2. The quantitative estimate of drug-likeness (QED) is 0.546. The van der Waals surface area contributed by atoms with Crippen molar-refractivity contribution in [3.63, 3.8) is 0 Å². The van der Waals surface area contributed by atoms with Gasteiger partial charge in [-0.25, -0.2) is 4.98 Å². The zero-order chi connectivity index (χ0) is 15.0. The third kappa shape index (κ3) is 2.84. The summed E-state index contributed by atoms with van der Waals surface area (Å²) in [5.74, 6) is 1.05. The molecular weight excluding hydrogens is 304 g/mol. The summed E-state index contributed by atoms with van der Waals surface area (Å²) < 4.78 is 1.88. The molecule has 0 aliphatic carbocycles. The Bertz CT molecular complexity index is 822. The largest absolute Gasteiger partial charge is 0.292 e. The van der Waals surface area contributed by atoms with E-state index in [-0.39, 0.29) is 5.78 Å². The molecule has 0 radical (unpaired) electrons. The fourth-order valence-corrected chi connectivity index (χ4v) is 3.84. The fraction of sp³-hybridized carbons (Fsp3) is 0.286. The van der Waals surface area contributed by atoms with Crippen LogP contribution >= 0.6 is 23.1 Å². The van der Waals surface area contributed by atoms with Gasteiger partial charge in [0.25, 0.3) is 5.78 Å². The van der Waals surface area contributed by atoms with E-state index in [1.165, 1.54) is 23.1 Å². The van der Waals surface area contributed by atoms with Crippen molar-refractivity contribution in [2.75, 3.05) is 5.75 Å². The van der Waals surface area contributed by atoms with Crippen LogP contribution in [0.15, 0.2) is 23.4 Å². The van der Waals surface area contributed by atoms with Crippen LogP contribution < -0.4 is 0 Å². The number of carbonyl (C=O) groups excluding carboxylic acids is 1. The van der Waals surface area contributed by atoms with E-state index in [4.69, 9.17) is 0 Å². The monoisotopic (exact) mass is 318 g/mol. The lowest BCUT2D eigenvalue weighted by atomic mass is 10.3. The maximum atomic E-state index is 12.1. The molecule has 0 spiro atoms. The topological polar surface area (TPSA) is 60.2 Å². The number of thiophene rings is 1. The van der Waals surface area contributed by atoms with E-state index in [1.807, 2.05) is 43.4 Å². The van der Waals surface area contributed by atoms with Crippen molar-refractivity contribution in [3.8, 4) is 0 Å². The van der Waals surface area contributed by atoms with Crippen LogP contribution in [0.3, 0.4) is 0 Å². The smallest absolute Gasteiger partial charge is 0.256 e. The maximum absolute atomic E-state index is 12.1. The molecule has 0 unspecified atom stereocenters. The molecule has 0 bridgehead atoms. The first-order valence-electron chi connectivity index (χ1n) is 6.46. The van der Waals surface area contributed by atoms with E-state index >= 15 is 0 Å². The number of aryl methyl sites for hydroxylation is 3. The number of nitrogens with zero attached hydrogens (tertiary/aromatic N) is 4. The first-order chi connectivity index (χ1) is 10.0. The first kappa shape index (κ1) is 14.2. The molecule has 0 saturated heterocycles. The van der Waals surface area contributed by atoms with Crippen molar-refractivity contribution in [2.24, 2.45) is 0 Å². The summed E-state index contributed by atoms with van der Waals surface area (Å²) in [5.41, 5.74) is 1.93. The second-order valence-electron chi connectivity index (χ2n) is 4.78. The van der Waals surface area contributed by atoms with Crippen LogP contribution in [0.4, 0.5) is 0 Å². The Morgan fingerprint density at radius 3 is 2.81 bits per heavy atom. The number of thioether (sulfide) groups is 1. The van der Waals surface area contributed by atoms with E-state index in [9.17, 15) is 4.79 Å². The zero-order valence-corrected chi connectivity index (χ0v) is 13.6. The van der Waals surface area contributed by atoms with Gasteiger partial charge in [0, 0.05) is 16.3 Å². The number of aromatic nitrogens is 4. The highest BCUT2D eigenvalue weighted by Crippen LogP contribution is 2.22. The van der Waals surface area contributed by atoms with Crippen molar-refractivity contribution in [1.29, 1.82) is 0 Å². The number of rotatable bonds is 4. The van der Waals surface area contributed by atoms with Crippen molar-refractivity contribution >= 4 is 34.7 Å². The van der Waals surface area contributed by atoms with Crippen LogP contribution in [0.2, 0.25) is 0 Å². The van der Waals surface area contributed by atoms with Crippen LogP contribution in [-0.2, 0) is 0 Å². The summed E-state index contributed by atoms with van der Waals surface area (Å²) in [6, 6.07) is 5.82. The number of carbonyl (C=O) groups is 1. The molecule has 0 saturated carbocycles. The molecule has 0 atom stereocenters.